The molecule has 0 aliphatic rings. The van der Waals surface area contributed by atoms with Crippen LogP contribution >= 0.6 is 11.3 Å². The van der Waals surface area contributed by atoms with Crippen molar-refractivity contribution in [3.05, 3.63) is 74.0 Å². The first-order valence-corrected chi connectivity index (χ1v) is 11.2. The molecule has 1 N–H and O–H groups in total. The Morgan fingerprint density at radius 1 is 1.19 bits per heavy atom. The fraction of sp³-hybridized carbons (Fsp3) is 0.364. The highest BCUT2D eigenvalue weighted by atomic mass is 32.1. The zero-order chi connectivity index (χ0) is 21.6. The number of aryl methyl sites for hydroxylation is 1. The summed E-state index contributed by atoms with van der Waals surface area (Å²) in [5.41, 5.74) is 2.78. The Morgan fingerprint density at radius 3 is 2.87 bits per heavy atom. The van der Waals surface area contributed by atoms with Gasteiger partial charge in [-0.1, -0.05) is 19.1 Å². The SMILES string of the molecule is CCc1ccc2[nH]c(=O)c(CN(Cc3cccs3)Cc3nnnn3CCOC)cc2c1. The van der Waals surface area contributed by atoms with E-state index in [0.29, 0.717) is 32.8 Å². The van der Waals surface area contributed by atoms with Crippen LogP contribution in [0.1, 0.15) is 28.8 Å². The number of benzene rings is 1. The van der Waals surface area contributed by atoms with E-state index >= 15 is 0 Å². The standard InChI is InChI=1S/C22H26N6O2S/c1-3-16-6-7-20-17(11-16)12-18(22(29)23-20)13-27(14-19-5-4-10-31-19)15-21-24-25-26-28(21)8-9-30-2/h4-7,10-12H,3,8-9,13-15H2,1-2H3,(H,23,29). The van der Waals surface area contributed by atoms with Crippen molar-refractivity contribution in [2.75, 3.05) is 13.7 Å². The molecule has 0 unspecified atom stereocenters. The summed E-state index contributed by atoms with van der Waals surface area (Å²) in [5, 5.41) is 15.2. The van der Waals surface area contributed by atoms with Crippen LogP contribution in [0.5, 0.6) is 0 Å². The summed E-state index contributed by atoms with van der Waals surface area (Å²) >= 11 is 1.70. The van der Waals surface area contributed by atoms with Crippen molar-refractivity contribution in [3.8, 4) is 0 Å². The number of tetrazole rings is 1. The highest BCUT2D eigenvalue weighted by molar-refractivity contribution is 7.09. The molecule has 0 saturated carbocycles. The van der Waals surface area contributed by atoms with Crippen molar-refractivity contribution in [3.63, 3.8) is 0 Å². The van der Waals surface area contributed by atoms with Crippen LogP contribution in [-0.2, 0) is 37.3 Å². The Morgan fingerprint density at radius 2 is 2.10 bits per heavy atom. The molecule has 9 heteroatoms. The van der Waals surface area contributed by atoms with Gasteiger partial charge in [0, 0.05) is 36.2 Å². The molecule has 0 aliphatic heterocycles. The Labute approximate surface area is 184 Å². The molecular weight excluding hydrogens is 412 g/mol. The van der Waals surface area contributed by atoms with Gasteiger partial charge in [-0.2, -0.15) is 0 Å². The zero-order valence-corrected chi connectivity index (χ0v) is 18.6. The van der Waals surface area contributed by atoms with Crippen molar-refractivity contribution >= 4 is 22.2 Å². The molecule has 162 valence electrons. The molecule has 0 saturated heterocycles. The van der Waals surface area contributed by atoms with Gasteiger partial charge in [-0.15, -0.1) is 16.4 Å². The largest absolute Gasteiger partial charge is 0.383 e. The minimum absolute atomic E-state index is 0.0631. The number of rotatable bonds is 10. The average Bonchev–Trinajstić information content (AvgIpc) is 3.44. The lowest BCUT2D eigenvalue weighted by atomic mass is 10.1. The second kappa shape index (κ2) is 9.95. The first-order chi connectivity index (χ1) is 15.2. The number of nitrogens with zero attached hydrogens (tertiary/aromatic N) is 5. The van der Waals surface area contributed by atoms with Gasteiger partial charge in [0.25, 0.3) is 5.56 Å². The van der Waals surface area contributed by atoms with Crippen molar-refractivity contribution < 1.29 is 4.74 Å². The van der Waals surface area contributed by atoms with Crippen molar-refractivity contribution in [1.82, 2.24) is 30.1 Å². The molecule has 31 heavy (non-hydrogen) atoms. The predicted octanol–water partition coefficient (Wildman–Crippen LogP) is 2.99. The van der Waals surface area contributed by atoms with Gasteiger partial charge in [0.05, 0.1) is 19.7 Å². The van der Waals surface area contributed by atoms with Gasteiger partial charge in [-0.25, -0.2) is 4.68 Å². The number of pyridine rings is 1. The topological polar surface area (TPSA) is 88.9 Å². The highest BCUT2D eigenvalue weighted by Crippen LogP contribution is 2.18. The summed E-state index contributed by atoms with van der Waals surface area (Å²) in [6, 6.07) is 12.3. The van der Waals surface area contributed by atoms with Gasteiger partial charge in [-0.05, 0) is 57.4 Å². The molecular formula is C22H26N6O2S. The molecule has 0 spiro atoms. The van der Waals surface area contributed by atoms with Crippen LogP contribution in [0.3, 0.4) is 0 Å². The third-order valence-electron chi connectivity index (χ3n) is 5.23. The minimum Gasteiger partial charge on any atom is -0.383 e. The normalized spacial score (nSPS) is 11.6. The van der Waals surface area contributed by atoms with Gasteiger partial charge in [0.15, 0.2) is 5.82 Å². The number of H-pyrrole nitrogens is 1. The second-order valence-corrected chi connectivity index (χ2v) is 8.47. The van der Waals surface area contributed by atoms with E-state index in [9.17, 15) is 4.79 Å². The maximum absolute atomic E-state index is 12.8. The molecule has 0 amide bonds. The predicted molar refractivity (Wildman–Crippen MR) is 121 cm³/mol. The Kier molecular flexibility index (Phi) is 6.86. The summed E-state index contributed by atoms with van der Waals surface area (Å²) in [4.78, 5) is 19.2. The number of ether oxygens (including phenoxy) is 1. The molecule has 3 aromatic heterocycles. The van der Waals surface area contributed by atoms with E-state index in [1.54, 1.807) is 23.1 Å². The minimum atomic E-state index is -0.0631. The number of methoxy groups -OCH3 is 1. The summed E-state index contributed by atoms with van der Waals surface area (Å²) in [5.74, 6) is 0.749. The lowest BCUT2D eigenvalue weighted by molar-refractivity contribution is 0.177. The van der Waals surface area contributed by atoms with Crippen LogP contribution in [0.2, 0.25) is 0 Å². The maximum Gasteiger partial charge on any atom is 0.252 e. The van der Waals surface area contributed by atoms with Gasteiger partial charge in [0.2, 0.25) is 0 Å². The van der Waals surface area contributed by atoms with E-state index in [1.165, 1.54) is 10.4 Å². The molecule has 4 aromatic rings. The van der Waals surface area contributed by atoms with E-state index in [0.717, 1.165) is 28.7 Å². The molecule has 4 rings (SSSR count). The third-order valence-corrected chi connectivity index (χ3v) is 6.09. The molecule has 0 aliphatic carbocycles. The number of hydrogen-bond acceptors (Lipinski definition) is 7. The molecule has 8 nitrogen and oxygen atoms in total. The van der Waals surface area contributed by atoms with Crippen molar-refractivity contribution in [1.29, 1.82) is 0 Å². The summed E-state index contributed by atoms with van der Waals surface area (Å²) in [6.45, 7) is 4.98. The Bertz CT molecular complexity index is 1180. The lowest BCUT2D eigenvalue weighted by Gasteiger charge is -2.21. The van der Waals surface area contributed by atoms with Crippen LogP contribution in [0.4, 0.5) is 0 Å². The van der Waals surface area contributed by atoms with Crippen LogP contribution in [0.15, 0.2) is 46.6 Å². The number of nitrogens with one attached hydrogen (secondary N) is 1. The average molecular weight is 439 g/mol. The first-order valence-electron chi connectivity index (χ1n) is 10.3. The van der Waals surface area contributed by atoms with Crippen LogP contribution in [0.25, 0.3) is 10.9 Å². The summed E-state index contributed by atoms with van der Waals surface area (Å²) in [6.07, 6.45) is 0.957. The second-order valence-electron chi connectivity index (χ2n) is 7.43. The maximum atomic E-state index is 12.8. The fourth-order valence-corrected chi connectivity index (χ4v) is 4.30. The van der Waals surface area contributed by atoms with Crippen molar-refractivity contribution in [2.45, 2.75) is 39.5 Å². The van der Waals surface area contributed by atoms with Gasteiger partial charge in [-0.3, -0.25) is 9.69 Å². The van der Waals surface area contributed by atoms with E-state index in [1.807, 2.05) is 18.2 Å². The van der Waals surface area contributed by atoms with E-state index in [-0.39, 0.29) is 5.56 Å². The van der Waals surface area contributed by atoms with Gasteiger partial charge in [0.1, 0.15) is 0 Å². The van der Waals surface area contributed by atoms with Crippen molar-refractivity contribution in [2.24, 2.45) is 0 Å². The summed E-state index contributed by atoms with van der Waals surface area (Å²) in [7, 11) is 1.66. The number of fused-ring (bicyclic) bond motifs is 1. The molecule has 0 fully saturated rings. The van der Waals surface area contributed by atoms with Gasteiger partial charge < -0.3 is 9.72 Å². The number of hydrogen-bond donors (Lipinski definition) is 1. The number of thiophene rings is 1. The van der Waals surface area contributed by atoms with Gasteiger partial charge >= 0.3 is 0 Å². The quantitative estimate of drug-likeness (QED) is 0.409. The molecule has 0 bridgehead atoms. The Balaban J connectivity index is 1.62. The number of aromatic nitrogens is 5. The fourth-order valence-electron chi connectivity index (χ4n) is 3.56. The highest BCUT2D eigenvalue weighted by Gasteiger charge is 2.16. The van der Waals surface area contributed by atoms with Crippen LogP contribution in [0, 0.1) is 0 Å². The monoisotopic (exact) mass is 438 g/mol. The third kappa shape index (κ3) is 5.25. The van der Waals surface area contributed by atoms with E-state index < -0.39 is 0 Å². The first kappa shape index (κ1) is 21.4. The molecule has 0 atom stereocenters. The van der Waals surface area contributed by atoms with E-state index in [4.69, 9.17) is 4.74 Å². The molecule has 0 radical (unpaired) electrons. The summed E-state index contributed by atoms with van der Waals surface area (Å²) < 4.78 is 6.91. The number of aromatic amines is 1. The Hall–Kier alpha value is -2.88. The smallest absolute Gasteiger partial charge is 0.252 e. The van der Waals surface area contributed by atoms with Crippen LogP contribution < -0.4 is 5.56 Å². The molecule has 3 heterocycles. The zero-order valence-electron chi connectivity index (χ0n) is 17.7. The van der Waals surface area contributed by atoms with Crippen LogP contribution in [-0.4, -0.2) is 43.8 Å². The lowest BCUT2D eigenvalue weighted by Crippen LogP contribution is -2.28. The van der Waals surface area contributed by atoms with E-state index in [2.05, 4.69) is 55.9 Å². The molecule has 1 aromatic carbocycles.